The Hall–Kier alpha value is -1.66. The molecule has 0 rings (SSSR count). The second kappa shape index (κ2) is 67.8. The fraction of sp³-hybridized carbons (Fsp3) is 0.917. The van der Waals surface area contributed by atoms with Crippen molar-refractivity contribution in [3.8, 4) is 0 Å². The number of ether oxygens (including phenoxy) is 1. The summed E-state index contributed by atoms with van der Waals surface area (Å²) in [6, 6.07) is -0.628. The van der Waals surface area contributed by atoms with Gasteiger partial charge in [-0.15, -0.1) is 0 Å². The summed E-state index contributed by atoms with van der Waals surface area (Å²) in [4.78, 5) is 24.6. The van der Waals surface area contributed by atoms with E-state index >= 15 is 0 Å². The van der Waals surface area contributed by atoms with Crippen LogP contribution < -0.4 is 5.32 Å². The van der Waals surface area contributed by atoms with Crippen molar-refractivity contribution in [3.63, 3.8) is 0 Å². The molecule has 78 heavy (non-hydrogen) atoms. The second-order valence-corrected chi connectivity index (χ2v) is 24.6. The van der Waals surface area contributed by atoms with Gasteiger partial charge in [-0.2, -0.15) is 0 Å². The Bertz CT molecular complexity index is 1220. The Morgan fingerprint density at radius 1 is 0.346 bits per heavy atom. The van der Waals surface area contributed by atoms with E-state index < -0.39 is 12.1 Å². The standard InChI is InChI=1S/C72H139NO5/c1-3-5-7-9-11-13-15-17-19-21-22-27-30-33-36-40-44-48-52-56-60-64-70(75)69(68-74)73-71(76)65-61-57-53-49-45-41-37-34-31-28-25-23-24-26-29-32-35-39-43-47-51-55-59-63-67-78-72(77)66-62-58-54-50-46-42-38-20-18-16-14-12-10-8-6-4-2/h20,38,60,64,69-70,74-75H,3-19,21-37,39-59,61-63,65-68H2,1-2H3,(H,73,76)/b38-20-,64-60+. The average molecular weight is 1100 g/mol. The lowest BCUT2D eigenvalue weighted by Crippen LogP contribution is -2.45. The van der Waals surface area contributed by atoms with Gasteiger partial charge in [0, 0.05) is 12.8 Å². The molecule has 3 N–H and O–H groups in total. The molecule has 0 saturated heterocycles. The number of rotatable bonds is 67. The summed E-state index contributed by atoms with van der Waals surface area (Å²) in [6.07, 6.45) is 85.4. The number of aliphatic hydroxyl groups excluding tert-OH is 2. The van der Waals surface area contributed by atoms with Crippen molar-refractivity contribution in [1.82, 2.24) is 5.32 Å². The Labute approximate surface area is 488 Å². The first-order chi connectivity index (χ1) is 38.5. The highest BCUT2D eigenvalue weighted by molar-refractivity contribution is 5.76. The second-order valence-electron chi connectivity index (χ2n) is 24.6. The van der Waals surface area contributed by atoms with E-state index in [9.17, 15) is 19.8 Å². The first kappa shape index (κ1) is 76.3. The van der Waals surface area contributed by atoms with Gasteiger partial charge in [-0.1, -0.05) is 353 Å². The number of nitrogens with one attached hydrogen (secondary N) is 1. The third kappa shape index (κ3) is 63.5. The zero-order chi connectivity index (χ0) is 56.4. The first-order valence-corrected chi connectivity index (χ1v) is 35.6. The summed E-state index contributed by atoms with van der Waals surface area (Å²) in [5.41, 5.74) is 0. The lowest BCUT2D eigenvalue weighted by molar-refractivity contribution is -0.143. The van der Waals surface area contributed by atoms with E-state index in [1.807, 2.05) is 6.08 Å². The smallest absolute Gasteiger partial charge is 0.305 e. The molecule has 0 fully saturated rings. The summed E-state index contributed by atoms with van der Waals surface area (Å²) in [5.74, 6) is -0.0543. The molecule has 0 aromatic rings. The molecular formula is C72H139NO5. The molecule has 6 nitrogen and oxygen atoms in total. The van der Waals surface area contributed by atoms with Crippen LogP contribution in [0.15, 0.2) is 24.3 Å². The zero-order valence-corrected chi connectivity index (χ0v) is 52.9. The molecule has 0 aromatic heterocycles. The van der Waals surface area contributed by atoms with Gasteiger partial charge in [0.15, 0.2) is 0 Å². The minimum absolute atomic E-state index is 0.00845. The van der Waals surface area contributed by atoms with Crippen LogP contribution in [-0.2, 0) is 14.3 Å². The Morgan fingerprint density at radius 3 is 0.910 bits per heavy atom. The molecule has 0 bridgehead atoms. The molecule has 0 heterocycles. The highest BCUT2D eigenvalue weighted by atomic mass is 16.5. The third-order valence-electron chi connectivity index (χ3n) is 16.7. The van der Waals surface area contributed by atoms with Crippen LogP contribution in [0.1, 0.15) is 399 Å². The van der Waals surface area contributed by atoms with Crippen LogP contribution in [0.3, 0.4) is 0 Å². The summed E-state index contributed by atoms with van der Waals surface area (Å²) in [7, 11) is 0. The molecule has 462 valence electrons. The maximum Gasteiger partial charge on any atom is 0.305 e. The highest BCUT2D eigenvalue weighted by Crippen LogP contribution is 2.19. The zero-order valence-electron chi connectivity index (χ0n) is 52.9. The van der Waals surface area contributed by atoms with Gasteiger partial charge in [-0.25, -0.2) is 0 Å². The fourth-order valence-corrected chi connectivity index (χ4v) is 11.3. The summed E-state index contributed by atoms with van der Waals surface area (Å²) < 4.78 is 5.50. The maximum atomic E-state index is 12.5. The normalized spacial score (nSPS) is 12.6. The van der Waals surface area contributed by atoms with Gasteiger partial charge in [-0.3, -0.25) is 9.59 Å². The predicted molar refractivity (Wildman–Crippen MR) is 343 cm³/mol. The van der Waals surface area contributed by atoms with E-state index in [1.54, 1.807) is 6.08 Å². The average Bonchev–Trinajstić information content (AvgIpc) is 3.44. The summed E-state index contributed by atoms with van der Waals surface area (Å²) in [5, 5.41) is 23.3. The Morgan fingerprint density at radius 2 is 0.603 bits per heavy atom. The van der Waals surface area contributed by atoms with Crippen LogP contribution in [0, 0.1) is 0 Å². The minimum Gasteiger partial charge on any atom is -0.466 e. The number of carbonyl (C=O) groups is 2. The fourth-order valence-electron chi connectivity index (χ4n) is 11.3. The van der Waals surface area contributed by atoms with E-state index in [0.29, 0.717) is 19.4 Å². The quantitative estimate of drug-likeness (QED) is 0.0320. The topological polar surface area (TPSA) is 95.9 Å². The number of unbranched alkanes of at least 4 members (excludes halogenated alkanes) is 54. The molecule has 0 radical (unpaired) electrons. The van der Waals surface area contributed by atoms with E-state index in [1.165, 1.54) is 327 Å². The molecule has 0 aliphatic rings. The van der Waals surface area contributed by atoms with Crippen molar-refractivity contribution >= 4 is 11.9 Å². The molecular weight excluding hydrogens is 959 g/mol. The lowest BCUT2D eigenvalue weighted by atomic mass is 10.0. The van der Waals surface area contributed by atoms with Crippen LogP contribution in [0.25, 0.3) is 0 Å². The van der Waals surface area contributed by atoms with Gasteiger partial charge in [-0.05, 0) is 57.8 Å². The van der Waals surface area contributed by atoms with E-state index in [0.717, 1.165) is 44.9 Å². The molecule has 2 unspecified atom stereocenters. The first-order valence-electron chi connectivity index (χ1n) is 35.6. The number of allylic oxidation sites excluding steroid dienone is 3. The van der Waals surface area contributed by atoms with Crippen molar-refractivity contribution in [3.05, 3.63) is 24.3 Å². The lowest BCUT2D eigenvalue weighted by Gasteiger charge is -2.20. The number of hydrogen-bond donors (Lipinski definition) is 3. The Kier molecular flexibility index (Phi) is 66.4. The van der Waals surface area contributed by atoms with Crippen LogP contribution in [-0.4, -0.2) is 47.4 Å². The minimum atomic E-state index is -0.845. The van der Waals surface area contributed by atoms with Crippen molar-refractivity contribution in [2.45, 2.75) is 411 Å². The molecule has 0 spiro atoms. The highest BCUT2D eigenvalue weighted by Gasteiger charge is 2.18. The predicted octanol–water partition coefficient (Wildman–Crippen LogP) is 22.9. The van der Waals surface area contributed by atoms with E-state index in [2.05, 4.69) is 31.3 Å². The van der Waals surface area contributed by atoms with Gasteiger partial charge >= 0.3 is 5.97 Å². The number of aliphatic hydroxyl groups is 2. The number of amides is 1. The van der Waals surface area contributed by atoms with Crippen molar-refractivity contribution in [2.24, 2.45) is 0 Å². The summed E-state index contributed by atoms with van der Waals surface area (Å²) in [6.45, 7) is 4.94. The van der Waals surface area contributed by atoms with Crippen LogP contribution in [0.4, 0.5) is 0 Å². The van der Waals surface area contributed by atoms with Crippen LogP contribution >= 0.6 is 0 Å². The van der Waals surface area contributed by atoms with Crippen LogP contribution in [0.2, 0.25) is 0 Å². The van der Waals surface area contributed by atoms with Gasteiger partial charge in [0.2, 0.25) is 5.91 Å². The number of hydrogen-bond acceptors (Lipinski definition) is 5. The number of esters is 1. The van der Waals surface area contributed by atoms with Crippen molar-refractivity contribution in [1.29, 1.82) is 0 Å². The SMILES string of the molecule is CCCCCCCCC/C=C\CCCCCCCC(=O)OCCCCCCCCCCCCCCCCCCCCCCCCCCC(=O)NC(CO)C(O)/C=C/CCCCCCCCCCCCCCCCCCCCC. The van der Waals surface area contributed by atoms with Gasteiger partial charge in [0.25, 0.3) is 0 Å². The summed E-state index contributed by atoms with van der Waals surface area (Å²) >= 11 is 0. The largest absolute Gasteiger partial charge is 0.466 e. The molecule has 1 amide bonds. The maximum absolute atomic E-state index is 12.5. The van der Waals surface area contributed by atoms with Gasteiger partial charge in [0.1, 0.15) is 0 Å². The third-order valence-corrected chi connectivity index (χ3v) is 16.7. The number of carbonyl (C=O) groups excluding carboxylic acids is 2. The molecule has 0 aliphatic carbocycles. The van der Waals surface area contributed by atoms with E-state index in [-0.39, 0.29) is 18.5 Å². The van der Waals surface area contributed by atoms with Crippen molar-refractivity contribution in [2.75, 3.05) is 13.2 Å². The monoisotopic (exact) mass is 1100 g/mol. The van der Waals surface area contributed by atoms with Gasteiger partial charge in [0.05, 0.1) is 25.4 Å². The molecule has 0 aliphatic heterocycles. The molecule has 2 atom stereocenters. The molecule has 0 saturated carbocycles. The van der Waals surface area contributed by atoms with Crippen molar-refractivity contribution < 1.29 is 24.5 Å². The molecule has 0 aromatic carbocycles. The van der Waals surface area contributed by atoms with E-state index in [4.69, 9.17) is 4.74 Å². The van der Waals surface area contributed by atoms with Crippen LogP contribution in [0.5, 0.6) is 0 Å². The Balaban J connectivity index is 3.39. The van der Waals surface area contributed by atoms with Gasteiger partial charge < -0.3 is 20.3 Å². The molecule has 6 heteroatoms.